The SMILES string of the molecule is CN(C)c1ccc(CC(=O)N[C@@](C)(Cc2c[nH]c3ccccc23)C(=O)NCC2(c3ccccn3)CCCCC2)cc1. The molecule has 3 N–H and O–H groups in total. The lowest BCUT2D eigenvalue weighted by molar-refractivity contribution is -0.133. The van der Waals surface area contributed by atoms with Crippen molar-refractivity contribution in [1.82, 2.24) is 20.6 Å². The molecule has 0 saturated heterocycles. The monoisotopic (exact) mass is 551 g/mol. The molecule has 0 aliphatic heterocycles. The summed E-state index contributed by atoms with van der Waals surface area (Å²) in [6, 6.07) is 22.0. The number of nitrogens with one attached hydrogen (secondary N) is 3. The van der Waals surface area contributed by atoms with Gasteiger partial charge in [0.05, 0.1) is 6.42 Å². The van der Waals surface area contributed by atoms with Crippen LogP contribution in [-0.4, -0.2) is 48.0 Å². The maximum absolute atomic E-state index is 14.1. The van der Waals surface area contributed by atoms with E-state index >= 15 is 0 Å². The van der Waals surface area contributed by atoms with E-state index in [-0.39, 0.29) is 23.7 Å². The van der Waals surface area contributed by atoms with Crippen molar-refractivity contribution in [3.8, 4) is 0 Å². The highest BCUT2D eigenvalue weighted by molar-refractivity contribution is 5.93. The topological polar surface area (TPSA) is 90.1 Å². The van der Waals surface area contributed by atoms with E-state index in [0.29, 0.717) is 13.0 Å². The van der Waals surface area contributed by atoms with Gasteiger partial charge in [-0.05, 0) is 61.2 Å². The minimum Gasteiger partial charge on any atom is -0.378 e. The van der Waals surface area contributed by atoms with E-state index in [1.807, 2.05) is 99.0 Å². The fourth-order valence-corrected chi connectivity index (χ4v) is 6.16. The first kappa shape index (κ1) is 28.4. The van der Waals surface area contributed by atoms with Crippen molar-refractivity contribution in [1.29, 1.82) is 0 Å². The number of aromatic amines is 1. The Labute approximate surface area is 242 Å². The molecule has 7 nitrogen and oxygen atoms in total. The first-order chi connectivity index (χ1) is 19.8. The Hall–Kier alpha value is -4.13. The molecule has 2 amide bonds. The van der Waals surface area contributed by atoms with Crippen LogP contribution in [0.15, 0.2) is 79.1 Å². The lowest BCUT2D eigenvalue weighted by Crippen LogP contribution is -2.60. The molecule has 0 unspecified atom stereocenters. The van der Waals surface area contributed by atoms with Gasteiger partial charge in [0.15, 0.2) is 0 Å². The van der Waals surface area contributed by atoms with Crippen molar-refractivity contribution in [3.05, 3.63) is 95.9 Å². The number of aromatic nitrogens is 2. The molecule has 1 aliphatic rings. The van der Waals surface area contributed by atoms with Crippen molar-refractivity contribution >= 4 is 28.4 Å². The van der Waals surface area contributed by atoms with Gasteiger partial charge in [-0.2, -0.15) is 0 Å². The molecular weight excluding hydrogens is 510 g/mol. The summed E-state index contributed by atoms with van der Waals surface area (Å²) in [6.07, 6.45) is 9.74. The molecule has 1 fully saturated rings. The molecule has 1 aliphatic carbocycles. The summed E-state index contributed by atoms with van der Waals surface area (Å²) in [5.41, 5.74) is 3.66. The van der Waals surface area contributed by atoms with Gasteiger partial charge in [-0.3, -0.25) is 14.6 Å². The summed E-state index contributed by atoms with van der Waals surface area (Å²) >= 11 is 0. The van der Waals surface area contributed by atoms with E-state index in [4.69, 9.17) is 4.98 Å². The second-order valence-corrected chi connectivity index (χ2v) is 11.9. The van der Waals surface area contributed by atoms with Crippen molar-refractivity contribution in [2.45, 2.75) is 62.8 Å². The largest absolute Gasteiger partial charge is 0.378 e. The first-order valence-corrected chi connectivity index (χ1v) is 14.6. The number of fused-ring (bicyclic) bond motifs is 1. The summed E-state index contributed by atoms with van der Waals surface area (Å²) in [4.78, 5) is 37.5. The van der Waals surface area contributed by atoms with E-state index in [9.17, 15) is 9.59 Å². The number of pyridine rings is 1. The zero-order chi connectivity index (χ0) is 28.9. The molecule has 1 saturated carbocycles. The Morgan fingerprint density at radius 1 is 0.976 bits per heavy atom. The number of rotatable bonds is 10. The zero-order valence-corrected chi connectivity index (χ0v) is 24.4. The predicted molar refractivity (Wildman–Crippen MR) is 165 cm³/mol. The molecule has 4 aromatic rings. The maximum Gasteiger partial charge on any atom is 0.245 e. The van der Waals surface area contributed by atoms with E-state index in [2.05, 4.69) is 21.7 Å². The van der Waals surface area contributed by atoms with Crippen LogP contribution in [0, 0.1) is 0 Å². The van der Waals surface area contributed by atoms with Gasteiger partial charge in [0.2, 0.25) is 11.8 Å². The van der Waals surface area contributed by atoms with Crippen LogP contribution >= 0.6 is 0 Å². The van der Waals surface area contributed by atoms with E-state index in [1.54, 1.807) is 0 Å². The van der Waals surface area contributed by atoms with Gasteiger partial charge in [0.25, 0.3) is 0 Å². The fourth-order valence-electron chi connectivity index (χ4n) is 6.16. The molecule has 41 heavy (non-hydrogen) atoms. The molecule has 5 rings (SSSR count). The van der Waals surface area contributed by atoms with E-state index in [1.165, 1.54) is 6.42 Å². The number of nitrogens with zero attached hydrogens (tertiary/aromatic N) is 2. The van der Waals surface area contributed by atoms with E-state index < -0.39 is 5.54 Å². The number of benzene rings is 2. The van der Waals surface area contributed by atoms with Gasteiger partial charge in [0.1, 0.15) is 5.54 Å². The average molecular weight is 552 g/mol. The maximum atomic E-state index is 14.1. The van der Waals surface area contributed by atoms with Gasteiger partial charge in [-0.1, -0.05) is 55.7 Å². The van der Waals surface area contributed by atoms with Crippen molar-refractivity contribution in [3.63, 3.8) is 0 Å². The third-order valence-corrected chi connectivity index (χ3v) is 8.56. The molecule has 2 aromatic carbocycles. The molecule has 2 heterocycles. The van der Waals surface area contributed by atoms with Gasteiger partial charge >= 0.3 is 0 Å². The number of H-pyrrole nitrogens is 1. The van der Waals surface area contributed by atoms with Crippen molar-refractivity contribution in [2.75, 3.05) is 25.5 Å². The Morgan fingerprint density at radius 2 is 1.71 bits per heavy atom. The minimum absolute atomic E-state index is 0.181. The Kier molecular flexibility index (Phi) is 8.43. The third kappa shape index (κ3) is 6.45. The highest BCUT2D eigenvalue weighted by atomic mass is 16.2. The summed E-state index contributed by atoms with van der Waals surface area (Å²) in [5, 5.41) is 7.46. The van der Waals surface area contributed by atoms with Crippen LogP contribution < -0.4 is 15.5 Å². The number of para-hydroxylation sites is 1. The normalized spacial score (nSPS) is 16.1. The van der Waals surface area contributed by atoms with Crippen LogP contribution in [-0.2, 0) is 27.8 Å². The van der Waals surface area contributed by atoms with Gasteiger partial charge < -0.3 is 20.5 Å². The van der Waals surface area contributed by atoms with Crippen LogP contribution in [0.3, 0.4) is 0 Å². The summed E-state index contributed by atoms with van der Waals surface area (Å²) in [5.74, 6) is -0.364. The molecule has 1 atom stereocenters. The number of hydrogen-bond donors (Lipinski definition) is 3. The number of anilines is 1. The third-order valence-electron chi connectivity index (χ3n) is 8.56. The zero-order valence-electron chi connectivity index (χ0n) is 24.4. The Bertz CT molecular complexity index is 1470. The molecule has 0 spiro atoms. The van der Waals surface area contributed by atoms with Crippen LogP contribution in [0.25, 0.3) is 10.9 Å². The average Bonchev–Trinajstić information content (AvgIpc) is 3.39. The highest BCUT2D eigenvalue weighted by Gasteiger charge is 2.40. The lowest BCUT2D eigenvalue weighted by Gasteiger charge is -2.38. The van der Waals surface area contributed by atoms with E-state index in [0.717, 1.165) is 59.1 Å². The van der Waals surface area contributed by atoms with Crippen molar-refractivity contribution in [2.24, 2.45) is 0 Å². The quantitative estimate of drug-likeness (QED) is 0.249. The number of carbonyl (C=O) groups is 2. The second kappa shape index (κ2) is 12.2. The standard InChI is InChI=1S/C34H41N5O2/c1-33(22-26-23-36-29-12-6-5-11-28(26)29,38-31(40)21-25-14-16-27(17-15-25)39(2)3)32(41)37-24-34(18-8-4-9-19-34)30-13-7-10-20-35-30/h5-7,10-17,20,23,36H,4,8-9,18-19,21-22,24H2,1-3H3,(H,37,41)(H,38,40)/t33-/m0/s1. The number of amides is 2. The van der Waals surface area contributed by atoms with Gasteiger partial charge in [-0.25, -0.2) is 0 Å². The summed E-state index contributed by atoms with van der Waals surface area (Å²) in [6.45, 7) is 2.33. The van der Waals surface area contributed by atoms with Gasteiger partial charge in [-0.15, -0.1) is 0 Å². The van der Waals surface area contributed by atoms with Crippen LogP contribution in [0.5, 0.6) is 0 Å². The van der Waals surface area contributed by atoms with Gasteiger partial charge in [0, 0.05) is 67.2 Å². The van der Waals surface area contributed by atoms with Crippen LogP contribution in [0.2, 0.25) is 0 Å². The number of hydrogen-bond acceptors (Lipinski definition) is 4. The van der Waals surface area contributed by atoms with Crippen molar-refractivity contribution < 1.29 is 9.59 Å². The molecular formula is C34H41N5O2. The summed E-state index contributed by atoms with van der Waals surface area (Å²) < 4.78 is 0. The fraction of sp³-hybridized carbons (Fsp3) is 0.382. The molecule has 214 valence electrons. The summed E-state index contributed by atoms with van der Waals surface area (Å²) in [7, 11) is 3.98. The number of carbonyl (C=O) groups excluding carboxylic acids is 2. The lowest BCUT2D eigenvalue weighted by atomic mass is 9.71. The van der Waals surface area contributed by atoms with Crippen LogP contribution in [0.4, 0.5) is 5.69 Å². The molecule has 2 aromatic heterocycles. The molecule has 7 heteroatoms. The first-order valence-electron chi connectivity index (χ1n) is 14.6. The Balaban J connectivity index is 1.38. The Morgan fingerprint density at radius 3 is 2.41 bits per heavy atom. The molecule has 0 bridgehead atoms. The molecule has 0 radical (unpaired) electrons. The smallest absolute Gasteiger partial charge is 0.245 e. The predicted octanol–water partition coefficient (Wildman–Crippen LogP) is 5.31. The van der Waals surface area contributed by atoms with Crippen LogP contribution in [0.1, 0.15) is 55.8 Å². The minimum atomic E-state index is -1.15. The highest BCUT2D eigenvalue weighted by Crippen LogP contribution is 2.38. The second-order valence-electron chi connectivity index (χ2n) is 11.9.